The smallest absolute Gasteiger partial charge is 0.269 e. The van der Waals surface area contributed by atoms with Crippen LogP contribution in [0.4, 0.5) is 5.69 Å². The lowest BCUT2D eigenvalue weighted by molar-refractivity contribution is 0.0886. The number of amides is 1. The molecular weight excluding hydrogens is 238 g/mol. The topological polar surface area (TPSA) is 68.0 Å². The number of hydrogen-bond acceptors (Lipinski definition) is 3. The van der Waals surface area contributed by atoms with E-state index in [-0.39, 0.29) is 18.3 Å². The lowest BCUT2D eigenvalue weighted by atomic mass is 9.70. The zero-order valence-electron chi connectivity index (χ0n) is 9.90. The van der Waals surface area contributed by atoms with Crippen LogP contribution in [0.3, 0.4) is 0 Å². The van der Waals surface area contributed by atoms with Crippen LogP contribution in [0.2, 0.25) is 0 Å². The van der Waals surface area contributed by atoms with Crippen molar-refractivity contribution in [3.63, 3.8) is 0 Å². The summed E-state index contributed by atoms with van der Waals surface area (Å²) in [5, 5.41) is 2.92. The van der Waals surface area contributed by atoms with Gasteiger partial charge in [-0.3, -0.25) is 4.79 Å². The van der Waals surface area contributed by atoms with Gasteiger partial charge in [0.25, 0.3) is 5.91 Å². The van der Waals surface area contributed by atoms with Gasteiger partial charge in [0.05, 0.1) is 11.9 Å². The third-order valence-electron chi connectivity index (χ3n) is 3.26. The highest BCUT2D eigenvalue weighted by Gasteiger charge is 2.31. The molecule has 1 heterocycles. The number of nitrogens with zero attached hydrogens (tertiary/aromatic N) is 1. The van der Waals surface area contributed by atoms with Crippen molar-refractivity contribution in [1.82, 2.24) is 10.3 Å². The van der Waals surface area contributed by atoms with Crippen molar-refractivity contribution in [3.05, 3.63) is 24.0 Å². The molecule has 0 bridgehead atoms. The molecule has 94 valence electrons. The fourth-order valence-electron chi connectivity index (χ4n) is 1.88. The number of hydrogen-bond donors (Lipinski definition) is 2. The number of rotatable bonds is 3. The molecule has 5 heteroatoms. The molecule has 3 N–H and O–H groups in total. The molecule has 1 aliphatic rings. The minimum absolute atomic E-state index is 0. The maximum atomic E-state index is 11.7. The van der Waals surface area contributed by atoms with Gasteiger partial charge in [0.2, 0.25) is 0 Å². The largest absolute Gasteiger partial charge is 0.397 e. The average Bonchev–Trinajstić information content (AvgIpc) is 2.24. The minimum atomic E-state index is -0.117. The van der Waals surface area contributed by atoms with E-state index < -0.39 is 0 Å². The van der Waals surface area contributed by atoms with E-state index in [4.69, 9.17) is 5.73 Å². The van der Waals surface area contributed by atoms with E-state index in [1.54, 1.807) is 12.1 Å². The maximum Gasteiger partial charge on any atom is 0.269 e. The molecule has 1 aromatic heterocycles. The summed E-state index contributed by atoms with van der Waals surface area (Å²) in [5.74, 6) is -0.117. The maximum absolute atomic E-state index is 11.7. The van der Waals surface area contributed by atoms with Gasteiger partial charge in [-0.2, -0.15) is 0 Å². The van der Waals surface area contributed by atoms with Crippen molar-refractivity contribution in [3.8, 4) is 0 Å². The number of anilines is 1. The second kappa shape index (κ2) is 5.36. The first-order valence-corrected chi connectivity index (χ1v) is 5.59. The second-order valence-electron chi connectivity index (χ2n) is 4.82. The Kier molecular flexibility index (Phi) is 4.34. The number of carbonyl (C=O) groups excluding carboxylic acids is 1. The highest BCUT2D eigenvalue weighted by molar-refractivity contribution is 5.92. The summed E-state index contributed by atoms with van der Waals surface area (Å²) in [4.78, 5) is 15.7. The quantitative estimate of drug-likeness (QED) is 0.868. The molecule has 17 heavy (non-hydrogen) atoms. The van der Waals surface area contributed by atoms with Crippen molar-refractivity contribution < 1.29 is 4.79 Å². The van der Waals surface area contributed by atoms with E-state index in [2.05, 4.69) is 17.2 Å². The number of nitrogens with two attached hydrogens (primary N) is 1. The van der Waals surface area contributed by atoms with Crippen molar-refractivity contribution in [1.29, 1.82) is 0 Å². The zero-order chi connectivity index (χ0) is 11.6. The van der Waals surface area contributed by atoms with Crippen molar-refractivity contribution in [2.75, 3.05) is 12.3 Å². The van der Waals surface area contributed by atoms with Crippen LogP contribution >= 0.6 is 12.4 Å². The molecule has 1 saturated carbocycles. The summed E-state index contributed by atoms with van der Waals surface area (Å²) in [6.45, 7) is 2.94. The first-order chi connectivity index (χ1) is 7.59. The van der Waals surface area contributed by atoms with Gasteiger partial charge in [-0.1, -0.05) is 13.3 Å². The monoisotopic (exact) mass is 255 g/mol. The number of nitrogens with one attached hydrogen (secondary N) is 1. The van der Waals surface area contributed by atoms with Crippen LogP contribution in [0.1, 0.15) is 36.7 Å². The van der Waals surface area contributed by atoms with Crippen molar-refractivity contribution in [2.45, 2.75) is 26.2 Å². The van der Waals surface area contributed by atoms with Crippen molar-refractivity contribution >= 4 is 24.0 Å². The van der Waals surface area contributed by atoms with Gasteiger partial charge in [-0.15, -0.1) is 12.4 Å². The number of aromatic nitrogens is 1. The first-order valence-electron chi connectivity index (χ1n) is 5.59. The zero-order valence-corrected chi connectivity index (χ0v) is 10.7. The lowest BCUT2D eigenvalue weighted by Gasteiger charge is -2.38. The normalized spacial score (nSPS) is 16.5. The molecule has 0 unspecified atom stereocenters. The summed E-state index contributed by atoms with van der Waals surface area (Å²) in [6.07, 6.45) is 5.16. The Hall–Kier alpha value is -1.29. The summed E-state index contributed by atoms with van der Waals surface area (Å²) in [5.41, 5.74) is 6.80. The van der Waals surface area contributed by atoms with Crippen LogP contribution in [-0.4, -0.2) is 17.4 Å². The summed E-state index contributed by atoms with van der Waals surface area (Å²) in [7, 11) is 0. The lowest BCUT2D eigenvalue weighted by Crippen LogP contribution is -2.40. The van der Waals surface area contributed by atoms with Gasteiger partial charge in [-0.25, -0.2) is 4.98 Å². The van der Waals surface area contributed by atoms with Crippen LogP contribution in [-0.2, 0) is 0 Å². The average molecular weight is 256 g/mol. The van der Waals surface area contributed by atoms with Gasteiger partial charge < -0.3 is 11.1 Å². The predicted octanol–water partition coefficient (Wildman–Crippen LogP) is 2.01. The van der Waals surface area contributed by atoms with Crippen molar-refractivity contribution in [2.24, 2.45) is 5.41 Å². The van der Waals surface area contributed by atoms with E-state index >= 15 is 0 Å². The fraction of sp³-hybridized carbons (Fsp3) is 0.500. The Morgan fingerprint density at radius 3 is 2.71 bits per heavy atom. The van der Waals surface area contributed by atoms with E-state index in [1.165, 1.54) is 25.5 Å². The van der Waals surface area contributed by atoms with Gasteiger partial charge in [0, 0.05) is 6.54 Å². The van der Waals surface area contributed by atoms with Gasteiger partial charge in [0.1, 0.15) is 5.69 Å². The molecule has 1 amide bonds. The van der Waals surface area contributed by atoms with Gasteiger partial charge in [-0.05, 0) is 30.4 Å². The van der Waals surface area contributed by atoms with Gasteiger partial charge >= 0.3 is 0 Å². The molecule has 0 aliphatic heterocycles. The minimum Gasteiger partial charge on any atom is -0.397 e. The predicted molar refractivity (Wildman–Crippen MR) is 70.2 cm³/mol. The van der Waals surface area contributed by atoms with Crippen LogP contribution in [0.5, 0.6) is 0 Å². The Morgan fingerprint density at radius 2 is 2.24 bits per heavy atom. The SMILES string of the molecule is CC1(CNC(=O)c2ccc(N)cn2)CCC1.Cl. The third kappa shape index (κ3) is 3.33. The summed E-state index contributed by atoms with van der Waals surface area (Å²) in [6, 6.07) is 3.33. The molecule has 0 spiro atoms. The Labute approximate surface area is 107 Å². The summed E-state index contributed by atoms with van der Waals surface area (Å²) >= 11 is 0. The highest BCUT2D eigenvalue weighted by atomic mass is 35.5. The van der Waals surface area contributed by atoms with Gasteiger partial charge in [0.15, 0.2) is 0 Å². The van der Waals surface area contributed by atoms with Crippen LogP contribution < -0.4 is 11.1 Å². The molecule has 0 saturated heterocycles. The molecule has 2 rings (SSSR count). The fourth-order valence-corrected chi connectivity index (χ4v) is 1.88. The molecule has 0 aromatic carbocycles. The van der Waals surface area contributed by atoms with Crippen LogP contribution in [0, 0.1) is 5.41 Å². The molecule has 1 fully saturated rings. The molecule has 1 aliphatic carbocycles. The Bertz CT molecular complexity index is 387. The molecular formula is C12H18ClN3O. The van der Waals surface area contributed by atoms with Crippen LogP contribution in [0.25, 0.3) is 0 Å². The first kappa shape index (κ1) is 13.8. The Balaban J connectivity index is 0.00000144. The number of pyridine rings is 1. The number of nitrogen functional groups attached to an aromatic ring is 1. The molecule has 4 nitrogen and oxygen atoms in total. The number of halogens is 1. The second-order valence-corrected chi connectivity index (χ2v) is 4.82. The molecule has 1 aromatic rings. The summed E-state index contributed by atoms with van der Waals surface area (Å²) < 4.78 is 0. The standard InChI is InChI=1S/C12H17N3O.ClH/c1-12(5-2-6-12)8-15-11(16)10-4-3-9(13)7-14-10;/h3-4,7H,2,5-6,8,13H2,1H3,(H,15,16);1H. The molecule has 0 atom stereocenters. The van der Waals surface area contributed by atoms with E-state index in [0.717, 1.165) is 6.54 Å². The van der Waals surface area contributed by atoms with E-state index in [1.807, 2.05) is 0 Å². The Morgan fingerprint density at radius 1 is 1.53 bits per heavy atom. The van der Waals surface area contributed by atoms with E-state index in [0.29, 0.717) is 16.8 Å². The number of carbonyl (C=O) groups is 1. The van der Waals surface area contributed by atoms with E-state index in [9.17, 15) is 4.79 Å². The highest BCUT2D eigenvalue weighted by Crippen LogP contribution is 2.39. The van der Waals surface area contributed by atoms with Crippen LogP contribution in [0.15, 0.2) is 18.3 Å². The third-order valence-corrected chi connectivity index (χ3v) is 3.26. The molecule has 0 radical (unpaired) electrons.